The largest absolute Gasteiger partial charge is 0.454 e. The summed E-state index contributed by atoms with van der Waals surface area (Å²) in [5.41, 5.74) is 0.585. The molecule has 0 N–H and O–H groups in total. The van der Waals surface area contributed by atoms with Gasteiger partial charge in [-0.2, -0.15) is 5.26 Å². The minimum absolute atomic E-state index is 0.0644. The van der Waals surface area contributed by atoms with Crippen molar-refractivity contribution in [2.75, 3.05) is 20.0 Å². The van der Waals surface area contributed by atoms with Gasteiger partial charge in [-0.05, 0) is 43.7 Å². The van der Waals surface area contributed by atoms with E-state index in [0.717, 1.165) is 11.1 Å². The molecule has 7 heteroatoms. The Kier molecular flexibility index (Phi) is 4.56. The van der Waals surface area contributed by atoms with Crippen molar-refractivity contribution < 1.29 is 22.6 Å². The molecule has 0 amide bonds. The first-order chi connectivity index (χ1) is 13.4. The summed E-state index contributed by atoms with van der Waals surface area (Å²) in [7, 11) is -3.72. The van der Waals surface area contributed by atoms with E-state index in [2.05, 4.69) is 6.07 Å². The van der Waals surface area contributed by atoms with Crippen LogP contribution in [0.25, 0.3) is 0 Å². The van der Waals surface area contributed by atoms with Crippen LogP contribution in [0.1, 0.15) is 24.0 Å². The molecule has 0 unspecified atom stereocenters. The molecular weight excluding hydrogens is 378 g/mol. The molecule has 0 saturated heterocycles. The standard InChI is InChI=1S/C21H21NO5S/c1-3-25-12-21(11-22)19(15-6-9-17-18(10-15)27-13-26-17)20(21)28(23,24)16-7-4-14(2)5-8-16/h4-10,19-20H,3,12-13H2,1-2H3/t19-,20+,21+/m0/s1. The Morgan fingerprint density at radius 2 is 1.89 bits per heavy atom. The SMILES string of the molecule is CCOC[C@@]1(C#N)[C@H](S(=O)(=O)c2ccc(C)cc2)[C@@H]1c1ccc2c(c1)OCO2. The first-order valence-corrected chi connectivity index (χ1v) is 10.7. The Bertz CT molecular complexity index is 1040. The zero-order valence-corrected chi connectivity index (χ0v) is 16.5. The molecule has 1 heterocycles. The van der Waals surface area contributed by atoms with Crippen LogP contribution in [0.15, 0.2) is 47.4 Å². The van der Waals surface area contributed by atoms with Crippen LogP contribution in [0.4, 0.5) is 0 Å². The van der Waals surface area contributed by atoms with Gasteiger partial charge in [0.1, 0.15) is 5.41 Å². The number of sulfone groups is 1. The van der Waals surface area contributed by atoms with Gasteiger partial charge in [-0.1, -0.05) is 23.8 Å². The van der Waals surface area contributed by atoms with E-state index < -0.39 is 26.4 Å². The molecule has 0 spiro atoms. The highest BCUT2D eigenvalue weighted by molar-refractivity contribution is 7.92. The van der Waals surface area contributed by atoms with Gasteiger partial charge in [-0.15, -0.1) is 0 Å². The predicted molar refractivity (Wildman–Crippen MR) is 102 cm³/mol. The summed E-state index contributed by atoms with van der Waals surface area (Å²) < 4.78 is 43.1. The van der Waals surface area contributed by atoms with Gasteiger partial charge >= 0.3 is 0 Å². The number of nitrogens with zero attached hydrogens (tertiary/aromatic N) is 1. The van der Waals surface area contributed by atoms with E-state index in [1.165, 1.54) is 0 Å². The molecule has 1 aliphatic heterocycles. The predicted octanol–water partition coefficient (Wildman–Crippen LogP) is 3.21. The Morgan fingerprint density at radius 1 is 1.18 bits per heavy atom. The second-order valence-corrected chi connectivity index (χ2v) is 9.23. The highest BCUT2D eigenvalue weighted by Gasteiger charge is 2.72. The maximum Gasteiger partial charge on any atom is 0.231 e. The molecule has 0 radical (unpaired) electrons. The average molecular weight is 399 g/mol. The Hall–Kier alpha value is -2.56. The van der Waals surface area contributed by atoms with Crippen LogP contribution in [0.2, 0.25) is 0 Å². The van der Waals surface area contributed by atoms with Gasteiger partial charge in [0.15, 0.2) is 21.3 Å². The fourth-order valence-electron chi connectivity index (χ4n) is 3.92. The quantitative estimate of drug-likeness (QED) is 0.741. The smallest absolute Gasteiger partial charge is 0.231 e. The normalized spacial score (nSPS) is 25.3. The monoisotopic (exact) mass is 399 g/mol. The van der Waals surface area contributed by atoms with Gasteiger partial charge < -0.3 is 14.2 Å². The summed E-state index contributed by atoms with van der Waals surface area (Å²) in [4.78, 5) is 0.225. The van der Waals surface area contributed by atoms with Gasteiger partial charge in [-0.25, -0.2) is 8.42 Å². The van der Waals surface area contributed by atoms with Crippen molar-refractivity contribution in [3.8, 4) is 17.6 Å². The van der Waals surface area contributed by atoms with Crippen LogP contribution in [-0.4, -0.2) is 33.7 Å². The zero-order valence-electron chi connectivity index (χ0n) is 15.7. The highest BCUT2D eigenvalue weighted by atomic mass is 32.2. The van der Waals surface area contributed by atoms with Crippen molar-refractivity contribution in [2.24, 2.45) is 5.41 Å². The minimum atomic E-state index is -3.72. The number of ether oxygens (including phenoxy) is 3. The number of rotatable bonds is 6. The molecule has 1 fully saturated rings. The molecule has 1 saturated carbocycles. The Balaban J connectivity index is 1.77. The van der Waals surface area contributed by atoms with Gasteiger partial charge in [0.2, 0.25) is 6.79 Å². The third kappa shape index (κ3) is 2.84. The van der Waals surface area contributed by atoms with Crippen LogP contribution in [-0.2, 0) is 14.6 Å². The van der Waals surface area contributed by atoms with E-state index >= 15 is 0 Å². The molecule has 4 rings (SSSR count). The lowest BCUT2D eigenvalue weighted by Crippen LogP contribution is -2.19. The van der Waals surface area contributed by atoms with E-state index in [1.807, 2.05) is 13.8 Å². The maximum atomic E-state index is 13.4. The van der Waals surface area contributed by atoms with Crippen LogP contribution >= 0.6 is 0 Å². The number of hydrogen-bond acceptors (Lipinski definition) is 6. The highest BCUT2D eigenvalue weighted by Crippen LogP contribution is 2.64. The first-order valence-electron chi connectivity index (χ1n) is 9.13. The van der Waals surface area contributed by atoms with Gasteiger partial charge in [0.25, 0.3) is 0 Å². The second-order valence-electron chi connectivity index (χ2n) is 7.16. The van der Waals surface area contributed by atoms with E-state index in [0.29, 0.717) is 18.1 Å². The van der Waals surface area contributed by atoms with Crippen molar-refractivity contribution in [3.05, 3.63) is 53.6 Å². The molecule has 2 aromatic carbocycles. The molecule has 28 heavy (non-hydrogen) atoms. The lowest BCUT2D eigenvalue weighted by atomic mass is 10.0. The summed E-state index contributed by atoms with van der Waals surface area (Å²) in [5, 5.41) is 9.11. The fraction of sp³-hybridized carbons (Fsp3) is 0.381. The zero-order chi connectivity index (χ0) is 19.9. The van der Waals surface area contributed by atoms with Crippen molar-refractivity contribution in [2.45, 2.75) is 29.9 Å². The molecule has 0 aromatic heterocycles. The van der Waals surface area contributed by atoms with E-state index in [9.17, 15) is 13.7 Å². The number of fused-ring (bicyclic) bond motifs is 1. The van der Waals surface area contributed by atoms with Gasteiger partial charge in [0.05, 0.1) is 22.8 Å². The topological polar surface area (TPSA) is 85.6 Å². The third-order valence-corrected chi connectivity index (χ3v) is 7.74. The lowest BCUT2D eigenvalue weighted by molar-refractivity contribution is 0.117. The van der Waals surface area contributed by atoms with Crippen LogP contribution in [0, 0.1) is 23.7 Å². The van der Waals surface area contributed by atoms with Crippen molar-refractivity contribution in [1.29, 1.82) is 5.26 Å². The van der Waals surface area contributed by atoms with Crippen molar-refractivity contribution >= 4 is 9.84 Å². The van der Waals surface area contributed by atoms with Gasteiger partial charge in [0, 0.05) is 12.5 Å². The summed E-state index contributed by atoms with van der Waals surface area (Å²) in [6.07, 6.45) is 0. The Labute approximate surface area is 164 Å². The number of nitriles is 1. The van der Waals surface area contributed by atoms with Crippen LogP contribution in [0.5, 0.6) is 11.5 Å². The van der Waals surface area contributed by atoms with Crippen LogP contribution < -0.4 is 9.47 Å². The van der Waals surface area contributed by atoms with E-state index in [1.54, 1.807) is 42.5 Å². The molecule has 146 valence electrons. The summed E-state index contributed by atoms with van der Waals surface area (Å²) in [5.74, 6) is 0.693. The van der Waals surface area contributed by atoms with E-state index in [-0.39, 0.29) is 18.3 Å². The summed E-state index contributed by atoms with van der Waals surface area (Å²) in [6.45, 7) is 4.34. The molecule has 1 aliphatic carbocycles. The van der Waals surface area contributed by atoms with Crippen molar-refractivity contribution in [3.63, 3.8) is 0 Å². The van der Waals surface area contributed by atoms with Crippen LogP contribution in [0.3, 0.4) is 0 Å². The first kappa shape index (κ1) is 18.8. The molecule has 3 atom stereocenters. The lowest BCUT2D eigenvalue weighted by Gasteiger charge is -2.10. The molecule has 0 bridgehead atoms. The Morgan fingerprint density at radius 3 is 2.57 bits per heavy atom. The summed E-state index contributed by atoms with van der Waals surface area (Å²) in [6, 6.07) is 14.3. The van der Waals surface area contributed by atoms with Gasteiger partial charge in [-0.3, -0.25) is 0 Å². The minimum Gasteiger partial charge on any atom is -0.454 e. The van der Waals surface area contributed by atoms with Crippen molar-refractivity contribution in [1.82, 2.24) is 0 Å². The molecule has 2 aliphatic rings. The molecular formula is C21H21NO5S. The molecule has 6 nitrogen and oxygen atoms in total. The van der Waals surface area contributed by atoms with E-state index in [4.69, 9.17) is 14.2 Å². The maximum absolute atomic E-state index is 13.4. The third-order valence-electron chi connectivity index (χ3n) is 5.45. The average Bonchev–Trinajstić information content (AvgIpc) is 3.15. The fourth-order valence-corrected chi connectivity index (χ4v) is 6.23. The number of aryl methyl sites for hydroxylation is 1. The molecule has 2 aromatic rings. The summed E-state index contributed by atoms with van der Waals surface area (Å²) >= 11 is 0. The second kappa shape index (κ2) is 6.80. The number of benzene rings is 2. The number of hydrogen-bond donors (Lipinski definition) is 0.